The van der Waals surface area contributed by atoms with Crippen molar-refractivity contribution in [3.05, 3.63) is 71.8 Å². The molecule has 0 bridgehead atoms. The number of aromatic amines is 1. The number of rotatable bonds is 4. The summed E-state index contributed by atoms with van der Waals surface area (Å²) in [5.41, 5.74) is 2.66. The van der Waals surface area contributed by atoms with Gasteiger partial charge in [-0.25, -0.2) is 14.6 Å². The predicted molar refractivity (Wildman–Crippen MR) is 109 cm³/mol. The number of imidazole rings is 1. The van der Waals surface area contributed by atoms with Gasteiger partial charge in [0.25, 0.3) is 0 Å². The van der Waals surface area contributed by atoms with Crippen LogP contribution in [0.25, 0.3) is 10.8 Å². The number of carbonyl (C=O) groups is 3. The summed E-state index contributed by atoms with van der Waals surface area (Å²) in [6.45, 7) is 2.39. The summed E-state index contributed by atoms with van der Waals surface area (Å²) in [6, 6.07) is 11.8. The van der Waals surface area contributed by atoms with Crippen LogP contribution in [-0.2, 0) is 16.0 Å². The lowest BCUT2D eigenvalue weighted by atomic mass is 9.88. The molecule has 1 aliphatic rings. The first-order valence-corrected chi connectivity index (χ1v) is 9.18. The first-order valence-electron chi connectivity index (χ1n) is 9.18. The Morgan fingerprint density at radius 3 is 2.50 bits per heavy atom. The maximum Gasteiger partial charge on any atom is 0.328 e. The SMILES string of the molecule is Cc1[nH]cnc1CC1COc2ccc3ccccc3c2C1=O.O=C(O)C=CC(=O)O. The van der Waals surface area contributed by atoms with Gasteiger partial charge in [0.05, 0.1) is 30.1 Å². The molecule has 2 aromatic carbocycles. The summed E-state index contributed by atoms with van der Waals surface area (Å²) in [6.07, 6.45) is 3.39. The number of benzene rings is 2. The lowest BCUT2D eigenvalue weighted by Crippen LogP contribution is -2.30. The lowest BCUT2D eigenvalue weighted by molar-refractivity contribution is -0.134. The fourth-order valence-electron chi connectivity index (χ4n) is 3.22. The van der Waals surface area contributed by atoms with Gasteiger partial charge in [0.1, 0.15) is 5.75 Å². The molecule has 0 radical (unpaired) electrons. The number of aliphatic carboxylic acids is 2. The van der Waals surface area contributed by atoms with Crippen LogP contribution in [0.1, 0.15) is 21.7 Å². The third kappa shape index (κ3) is 4.72. The smallest absolute Gasteiger partial charge is 0.328 e. The molecule has 1 unspecified atom stereocenters. The van der Waals surface area contributed by atoms with E-state index < -0.39 is 11.9 Å². The normalized spacial score (nSPS) is 15.2. The van der Waals surface area contributed by atoms with Crippen LogP contribution >= 0.6 is 0 Å². The minimum Gasteiger partial charge on any atom is -0.492 e. The van der Waals surface area contributed by atoms with Gasteiger partial charge in [-0.1, -0.05) is 30.3 Å². The number of nitrogens with zero attached hydrogens (tertiary/aromatic N) is 1. The van der Waals surface area contributed by atoms with Gasteiger partial charge in [-0.15, -0.1) is 0 Å². The van der Waals surface area contributed by atoms with E-state index in [1.54, 1.807) is 6.33 Å². The summed E-state index contributed by atoms with van der Waals surface area (Å²) in [5.74, 6) is -1.85. The average Bonchev–Trinajstić information content (AvgIpc) is 3.13. The Hall–Kier alpha value is -3.94. The van der Waals surface area contributed by atoms with E-state index >= 15 is 0 Å². The van der Waals surface area contributed by atoms with Gasteiger partial charge in [0.15, 0.2) is 5.78 Å². The molecule has 0 saturated heterocycles. The molecule has 1 aliphatic heterocycles. The van der Waals surface area contributed by atoms with E-state index in [0.29, 0.717) is 36.5 Å². The molecule has 8 nitrogen and oxygen atoms in total. The molecular formula is C22H20N2O6. The Bertz CT molecular complexity index is 1120. The zero-order valence-electron chi connectivity index (χ0n) is 16.2. The summed E-state index contributed by atoms with van der Waals surface area (Å²) in [5, 5.41) is 17.7. The zero-order chi connectivity index (χ0) is 21.7. The summed E-state index contributed by atoms with van der Waals surface area (Å²) < 4.78 is 5.84. The quantitative estimate of drug-likeness (QED) is 0.566. The van der Waals surface area contributed by atoms with Crippen LogP contribution in [-0.4, -0.2) is 44.5 Å². The van der Waals surface area contributed by atoms with Crippen molar-refractivity contribution in [3.8, 4) is 5.75 Å². The Balaban J connectivity index is 0.000000275. The van der Waals surface area contributed by atoms with Crippen LogP contribution in [0.4, 0.5) is 0 Å². The molecule has 0 amide bonds. The van der Waals surface area contributed by atoms with Crippen LogP contribution in [0.5, 0.6) is 5.75 Å². The van der Waals surface area contributed by atoms with Gasteiger partial charge in [-0.05, 0) is 23.8 Å². The Kier molecular flexibility index (Phi) is 6.26. The number of aryl methyl sites for hydroxylation is 1. The van der Waals surface area contributed by atoms with Gasteiger partial charge in [-0.3, -0.25) is 4.79 Å². The largest absolute Gasteiger partial charge is 0.492 e. The van der Waals surface area contributed by atoms with Gasteiger partial charge in [0, 0.05) is 24.3 Å². The van der Waals surface area contributed by atoms with Crippen LogP contribution in [0, 0.1) is 12.8 Å². The number of aromatic nitrogens is 2. The third-order valence-electron chi connectivity index (χ3n) is 4.69. The van der Waals surface area contributed by atoms with Crippen molar-refractivity contribution in [2.45, 2.75) is 13.3 Å². The summed E-state index contributed by atoms with van der Waals surface area (Å²) >= 11 is 0. The standard InChI is InChI=1S/C18H16N2O2.C4H4O4/c1-11-15(20-10-19-11)8-13-9-22-16-7-6-12-4-2-3-5-14(12)17(16)18(13)21;5-3(6)1-2-4(7)8/h2-7,10,13H,8-9H2,1H3,(H,19,20);1-2H,(H,5,6)(H,7,8). The second-order valence-electron chi connectivity index (χ2n) is 6.72. The molecule has 154 valence electrons. The van der Waals surface area contributed by atoms with E-state index in [2.05, 4.69) is 9.97 Å². The molecule has 0 fully saturated rings. The fraction of sp³-hybridized carbons (Fsp3) is 0.182. The summed E-state index contributed by atoms with van der Waals surface area (Å²) in [4.78, 5) is 39.4. The highest BCUT2D eigenvalue weighted by Crippen LogP contribution is 2.34. The third-order valence-corrected chi connectivity index (χ3v) is 4.69. The number of hydrogen-bond donors (Lipinski definition) is 3. The molecule has 0 spiro atoms. The molecule has 2 heterocycles. The lowest BCUT2D eigenvalue weighted by Gasteiger charge is -2.25. The van der Waals surface area contributed by atoms with E-state index in [0.717, 1.165) is 22.2 Å². The van der Waals surface area contributed by atoms with Crippen molar-refractivity contribution in [2.75, 3.05) is 6.61 Å². The molecule has 3 aromatic rings. The Labute approximate surface area is 171 Å². The average molecular weight is 408 g/mol. The number of H-pyrrole nitrogens is 1. The van der Waals surface area contributed by atoms with Crippen LogP contribution in [0.3, 0.4) is 0 Å². The highest BCUT2D eigenvalue weighted by molar-refractivity contribution is 6.12. The van der Waals surface area contributed by atoms with Crippen LogP contribution in [0.2, 0.25) is 0 Å². The monoisotopic (exact) mass is 408 g/mol. The molecule has 8 heteroatoms. The molecule has 3 N–H and O–H groups in total. The van der Waals surface area contributed by atoms with Gasteiger partial charge >= 0.3 is 11.9 Å². The highest BCUT2D eigenvalue weighted by Gasteiger charge is 2.31. The van der Waals surface area contributed by atoms with E-state index in [-0.39, 0.29) is 11.7 Å². The number of nitrogens with one attached hydrogen (secondary N) is 1. The second kappa shape index (κ2) is 9.04. The van der Waals surface area contributed by atoms with Gasteiger partial charge in [0.2, 0.25) is 0 Å². The number of carboxylic acid groups (broad SMARTS) is 2. The van der Waals surface area contributed by atoms with Gasteiger partial charge < -0.3 is 19.9 Å². The first-order chi connectivity index (χ1) is 14.4. The number of carboxylic acids is 2. The summed E-state index contributed by atoms with van der Waals surface area (Å²) in [7, 11) is 0. The van der Waals surface area contributed by atoms with Crippen molar-refractivity contribution in [2.24, 2.45) is 5.92 Å². The number of ketones is 1. The topological polar surface area (TPSA) is 130 Å². The predicted octanol–water partition coefficient (Wildman–Crippen LogP) is 3.02. The van der Waals surface area contributed by atoms with Crippen molar-refractivity contribution in [1.29, 1.82) is 0 Å². The van der Waals surface area contributed by atoms with E-state index in [9.17, 15) is 14.4 Å². The number of carbonyl (C=O) groups excluding carboxylic acids is 1. The second-order valence-corrected chi connectivity index (χ2v) is 6.72. The molecule has 0 aliphatic carbocycles. The van der Waals surface area contributed by atoms with Crippen molar-refractivity contribution in [3.63, 3.8) is 0 Å². The molecule has 1 aromatic heterocycles. The van der Waals surface area contributed by atoms with Crippen molar-refractivity contribution >= 4 is 28.5 Å². The maximum atomic E-state index is 13.0. The van der Waals surface area contributed by atoms with E-state index in [4.69, 9.17) is 14.9 Å². The molecule has 1 atom stereocenters. The Morgan fingerprint density at radius 2 is 1.87 bits per heavy atom. The molecular weight excluding hydrogens is 388 g/mol. The number of Topliss-reactive ketones (excluding diaryl/α,β-unsaturated/α-hetero) is 1. The van der Waals surface area contributed by atoms with Crippen molar-refractivity contribution < 1.29 is 29.3 Å². The first kappa shape index (κ1) is 20.8. The molecule has 30 heavy (non-hydrogen) atoms. The Morgan fingerprint density at radius 1 is 1.17 bits per heavy atom. The molecule has 0 saturated carbocycles. The fourth-order valence-corrected chi connectivity index (χ4v) is 3.22. The zero-order valence-corrected chi connectivity index (χ0v) is 16.2. The minimum atomic E-state index is -1.26. The highest BCUT2D eigenvalue weighted by atomic mass is 16.5. The number of fused-ring (bicyclic) bond motifs is 3. The minimum absolute atomic E-state index is 0.153. The van der Waals surface area contributed by atoms with Crippen molar-refractivity contribution in [1.82, 2.24) is 9.97 Å². The van der Waals surface area contributed by atoms with Crippen LogP contribution in [0.15, 0.2) is 54.9 Å². The van der Waals surface area contributed by atoms with Gasteiger partial charge in [-0.2, -0.15) is 0 Å². The number of hydrogen-bond acceptors (Lipinski definition) is 5. The van der Waals surface area contributed by atoms with E-state index in [1.807, 2.05) is 43.3 Å². The van der Waals surface area contributed by atoms with Crippen LogP contribution < -0.4 is 4.74 Å². The van der Waals surface area contributed by atoms with E-state index in [1.165, 1.54) is 0 Å². The maximum absolute atomic E-state index is 13.0. The molecule has 4 rings (SSSR count). The number of ether oxygens (including phenoxy) is 1.